The molecule has 0 fully saturated rings. The first kappa shape index (κ1) is 22.6. The third kappa shape index (κ3) is 7.35. The summed E-state index contributed by atoms with van der Waals surface area (Å²) >= 11 is 1.35. The minimum absolute atomic E-state index is 0.202. The van der Waals surface area contributed by atoms with E-state index in [2.05, 4.69) is 15.6 Å². The average molecular weight is 421 g/mol. The van der Waals surface area contributed by atoms with E-state index in [1.165, 1.54) is 11.3 Å². The van der Waals surface area contributed by atoms with E-state index in [-0.39, 0.29) is 18.5 Å². The van der Waals surface area contributed by atoms with Crippen LogP contribution in [-0.2, 0) is 11.3 Å². The molecule has 0 aliphatic heterocycles. The van der Waals surface area contributed by atoms with E-state index in [4.69, 9.17) is 9.47 Å². The molecule has 1 aromatic heterocycles. The van der Waals surface area contributed by atoms with Crippen molar-refractivity contribution >= 4 is 29.0 Å². The standard InChI is InChI=1S/C20H28N4O4S/c1-14(2)11-21-19(25)17-13-29-18(23-17)12-24(9-10-27-3)20(26)22-15-5-7-16(28-4)8-6-15/h5-8,13-14H,9-12H2,1-4H3,(H,21,25)(H,22,26). The van der Waals surface area contributed by atoms with Gasteiger partial charge in [0, 0.05) is 31.3 Å². The summed E-state index contributed by atoms with van der Waals surface area (Å²) in [5, 5.41) is 8.09. The van der Waals surface area contributed by atoms with Crippen LogP contribution < -0.4 is 15.4 Å². The lowest BCUT2D eigenvalue weighted by Crippen LogP contribution is -2.36. The molecule has 0 unspecified atom stereocenters. The molecule has 3 amide bonds. The van der Waals surface area contributed by atoms with Crippen LogP contribution in [0.1, 0.15) is 29.3 Å². The highest BCUT2D eigenvalue weighted by Gasteiger charge is 2.18. The fourth-order valence-electron chi connectivity index (χ4n) is 2.37. The molecule has 0 saturated heterocycles. The van der Waals surface area contributed by atoms with Crippen molar-refractivity contribution in [3.05, 3.63) is 40.3 Å². The van der Waals surface area contributed by atoms with Gasteiger partial charge in [-0.2, -0.15) is 0 Å². The monoisotopic (exact) mass is 420 g/mol. The topological polar surface area (TPSA) is 92.8 Å². The molecule has 29 heavy (non-hydrogen) atoms. The number of benzene rings is 1. The first-order valence-corrected chi connectivity index (χ1v) is 10.2. The number of carbonyl (C=O) groups excluding carboxylic acids is 2. The van der Waals surface area contributed by atoms with E-state index < -0.39 is 0 Å². The van der Waals surface area contributed by atoms with Crippen LogP contribution >= 0.6 is 11.3 Å². The molecule has 2 rings (SSSR count). The van der Waals surface area contributed by atoms with Gasteiger partial charge in [0.25, 0.3) is 5.91 Å². The molecule has 0 saturated carbocycles. The van der Waals surface area contributed by atoms with Crippen LogP contribution in [0.15, 0.2) is 29.6 Å². The molecular formula is C20H28N4O4S. The first-order valence-electron chi connectivity index (χ1n) is 9.34. The summed E-state index contributed by atoms with van der Waals surface area (Å²) in [5.74, 6) is 0.876. The lowest BCUT2D eigenvalue weighted by molar-refractivity contribution is 0.0944. The second-order valence-electron chi connectivity index (χ2n) is 6.80. The summed E-state index contributed by atoms with van der Waals surface area (Å²) in [6, 6.07) is 6.82. The summed E-state index contributed by atoms with van der Waals surface area (Å²) in [4.78, 5) is 30.9. The van der Waals surface area contributed by atoms with Crippen molar-refractivity contribution in [1.29, 1.82) is 0 Å². The molecular weight excluding hydrogens is 392 g/mol. The highest BCUT2D eigenvalue weighted by atomic mass is 32.1. The van der Waals surface area contributed by atoms with Gasteiger partial charge < -0.3 is 25.0 Å². The van der Waals surface area contributed by atoms with E-state index >= 15 is 0 Å². The molecule has 0 spiro atoms. The predicted octanol–water partition coefficient (Wildman–Crippen LogP) is 3.22. The Kier molecular flexibility index (Phi) is 8.88. The zero-order valence-corrected chi connectivity index (χ0v) is 18.0. The fraction of sp³-hybridized carbons (Fsp3) is 0.450. The maximum absolute atomic E-state index is 12.7. The van der Waals surface area contributed by atoms with E-state index in [9.17, 15) is 9.59 Å². The Balaban J connectivity index is 2.01. The Labute approximate surface area is 175 Å². The number of hydrogen-bond donors (Lipinski definition) is 2. The second kappa shape index (κ2) is 11.4. The molecule has 0 bridgehead atoms. The summed E-state index contributed by atoms with van der Waals surface area (Å²) in [7, 11) is 3.17. The molecule has 2 aromatic rings. The van der Waals surface area contributed by atoms with Gasteiger partial charge in [-0.15, -0.1) is 11.3 Å². The molecule has 8 nitrogen and oxygen atoms in total. The quantitative estimate of drug-likeness (QED) is 0.616. The van der Waals surface area contributed by atoms with E-state index in [1.54, 1.807) is 48.8 Å². The lowest BCUT2D eigenvalue weighted by atomic mass is 10.2. The Morgan fingerprint density at radius 3 is 2.55 bits per heavy atom. The Morgan fingerprint density at radius 1 is 1.21 bits per heavy atom. The van der Waals surface area contributed by atoms with Crippen LogP contribution in [-0.4, -0.2) is 55.7 Å². The van der Waals surface area contributed by atoms with Crippen molar-refractivity contribution in [3.63, 3.8) is 0 Å². The number of anilines is 1. The van der Waals surface area contributed by atoms with Gasteiger partial charge >= 0.3 is 6.03 Å². The molecule has 0 aliphatic rings. The number of ether oxygens (including phenoxy) is 2. The Hall–Kier alpha value is -2.65. The molecule has 9 heteroatoms. The van der Waals surface area contributed by atoms with Crippen LogP contribution in [0.5, 0.6) is 5.75 Å². The van der Waals surface area contributed by atoms with E-state index in [0.717, 1.165) is 0 Å². The maximum atomic E-state index is 12.7. The van der Waals surface area contributed by atoms with Crippen molar-refractivity contribution in [1.82, 2.24) is 15.2 Å². The predicted molar refractivity (Wildman–Crippen MR) is 114 cm³/mol. The highest BCUT2D eigenvalue weighted by molar-refractivity contribution is 7.09. The second-order valence-corrected chi connectivity index (χ2v) is 7.75. The number of rotatable bonds is 10. The number of aromatic nitrogens is 1. The molecule has 1 aromatic carbocycles. The smallest absolute Gasteiger partial charge is 0.322 e. The van der Waals surface area contributed by atoms with Gasteiger partial charge in [0.1, 0.15) is 16.5 Å². The van der Waals surface area contributed by atoms with Crippen LogP contribution in [0.4, 0.5) is 10.5 Å². The van der Waals surface area contributed by atoms with Crippen molar-refractivity contribution < 1.29 is 19.1 Å². The largest absolute Gasteiger partial charge is 0.497 e. The van der Waals surface area contributed by atoms with Crippen LogP contribution in [0.25, 0.3) is 0 Å². The number of nitrogens with zero attached hydrogens (tertiary/aromatic N) is 2. The van der Waals surface area contributed by atoms with Gasteiger partial charge in [-0.3, -0.25) is 4.79 Å². The normalized spacial score (nSPS) is 10.7. The summed E-state index contributed by atoms with van der Waals surface area (Å²) in [5.41, 5.74) is 1.03. The average Bonchev–Trinajstić information content (AvgIpc) is 3.18. The van der Waals surface area contributed by atoms with Gasteiger partial charge in [0.05, 0.1) is 20.3 Å². The SMILES string of the molecule is COCCN(Cc1nc(C(=O)NCC(C)C)cs1)C(=O)Nc1ccc(OC)cc1. The zero-order chi connectivity index (χ0) is 21.2. The number of hydrogen-bond acceptors (Lipinski definition) is 6. The molecule has 158 valence electrons. The third-order valence-corrected chi connectivity index (χ3v) is 4.81. The number of carbonyl (C=O) groups is 2. The van der Waals surface area contributed by atoms with Gasteiger partial charge in [-0.25, -0.2) is 9.78 Å². The van der Waals surface area contributed by atoms with Gasteiger partial charge in [0.15, 0.2) is 0 Å². The fourth-order valence-corrected chi connectivity index (χ4v) is 3.16. The molecule has 0 atom stereocenters. The number of nitrogens with one attached hydrogen (secondary N) is 2. The third-order valence-electron chi connectivity index (χ3n) is 3.98. The minimum atomic E-state index is -0.270. The maximum Gasteiger partial charge on any atom is 0.322 e. The van der Waals surface area contributed by atoms with Crippen LogP contribution in [0, 0.1) is 5.92 Å². The van der Waals surface area contributed by atoms with Gasteiger partial charge in [0.2, 0.25) is 0 Å². The summed E-state index contributed by atoms with van der Waals surface area (Å²) in [6.07, 6.45) is 0. The Morgan fingerprint density at radius 2 is 1.93 bits per heavy atom. The van der Waals surface area contributed by atoms with E-state index in [1.807, 2.05) is 13.8 Å². The molecule has 2 N–H and O–H groups in total. The van der Waals surface area contributed by atoms with Gasteiger partial charge in [-0.1, -0.05) is 13.8 Å². The first-order chi connectivity index (χ1) is 13.9. The zero-order valence-electron chi connectivity index (χ0n) is 17.2. The number of methoxy groups -OCH3 is 2. The summed E-state index contributed by atoms with van der Waals surface area (Å²) < 4.78 is 10.2. The number of urea groups is 1. The molecule has 1 heterocycles. The highest BCUT2D eigenvalue weighted by Crippen LogP contribution is 2.17. The van der Waals surface area contributed by atoms with Crippen molar-refractivity contribution in [2.75, 3.05) is 39.2 Å². The number of thiazole rings is 1. The minimum Gasteiger partial charge on any atom is -0.497 e. The van der Waals surface area contributed by atoms with Gasteiger partial charge in [-0.05, 0) is 30.2 Å². The van der Waals surface area contributed by atoms with Crippen LogP contribution in [0.3, 0.4) is 0 Å². The lowest BCUT2D eigenvalue weighted by Gasteiger charge is -2.22. The van der Waals surface area contributed by atoms with Crippen molar-refractivity contribution in [2.45, 2.75) is 20.4 Å². The van der Waals surface area contributed by atoms with Crippen molar-refractivity contribution in [3.8, 4) is 5.75 Å². The van der Waals surface area contributed by atoms with E-state index in [0.29, 0.717) is 47.8 Å². The van der Waals surface area contributed by atoms with Crippen molar-refractivity contribution in [2.24, 2.45) is 5.92 Å². The molecule has 0 aliphatic carbocycles. The summed E-state index contributed by atoms with van der Waals surface area (Å²) in [6.45, 7) is 5.73. The number of amides is 3. The Bertz CT molecular complexity index is 792. The molecule has 0 radical (unpaired) electrons. The van der Waals surface area contributed by atoms with Crippen LogP contribution in [0.2, 0.25) is 0 Å².